The number of thiazole rings is 1. The Bertz CT molecular complexity index is 1220. The number of hydrogen-bond donors (Lipinski definition) is 2. The van der Waals surface area contributed by atoms with E-state index in [1.165, 1.54) is 24.6 Å². The van der Waals surface area contributed by atoms with E-state index in [0.717, 1.165) is 9.87 Å². The van der Waals surface area contributed by atoms with Gasteiger partial charge in [-0.25, -0.2) is 13.4 Å². The molecule has 1 aromatic carbocycles. The van der Waals surface area contributed by atoms with Crippen molar-refractivity contribution in [2.75, 3.05) is 12.4 Å². The first kappa shape index (κ1) is 17.6. The minimum absolute atomic E-state index is 0.00509. The summed E-state index contributed by atoms with van der Waals surface area (Å²) in [7, 11) is -1.13. The highest BCUT2D eigenvalue weighted by atomic mass is 32.2. The molecular weight excluding hydrogens is 388 g/mol. The fraction of sp³-hybridized carbons (Fsp3) is 0.176. The minimum atomic E-state index is -4.03. The molecule has 0 aliphatic carbocycles. The van der Waals surface area contributed by atoms with Crippen molar-refractivity contribution >= 4 is 49.1 Å². The number of aromatic nitrogens is 2. The number of rotatable bonds is 2. The highest BCUT2D eigenvalue weighted by Gasteiger charge is 2.41. The van der Waals surface area contributed by atoms with E-state index in [0.29, 0.717) is 16.0 Å². The molecule has 27 heavy (non-hydrogen) atoms. The number of hydrogen-bond acceptors (Lipinski definition) is 6. The van der Waals surface area contributed by atoms with Crippen LogP contribution in [0.2, 0.25) is 0 Å². The van der Waals surface area contributed by atoms with Gasteiger partial charge in [-0.1, -0.05) is 11.6 Å². The third-order valence-corrected chi connectivity index (χ3v) is 7.08. The van der Waals surface area contributed by atoms with E-state index in [1.807, 2.05) is 13.0 Å². The van der Waals surface area contributed by atoms with Crippen LogP contribution in [0.4, 0.5) is 5.13 Å². The van der Waals surface area contributed by atoms with E-state index in [9.17, 15) is 18.3 Å². The maximum Gasteiger partial charge on any atom is 0.278 e. The molecule has 0 spiro atoms. The SMILES string of the molecule is Cc1ccc2c(c1)c1c(n2C)C(O)=C(C(=O)Nc2nccs2)N(C)S1(=O)=O. The first-order valence-corrected chi connectivity index (χ1v) is 10.3. The molecular formula is C17H16N4O4S2. The van der Waals surface area contributed by atoms with Crippen LogP contribution in [0.5, 0.6) is 0 Å². The number of aryl methyl sites for hydroxylation is 2. The zero-order valence-corrected chi connectivity index (χ0v) is 16.3. The van der Waals surface area contributed by atoms with Crippen LogP contribution in [0, 0.1) is 6.92 Å². The van der Waals surface area contributed by atoms with Gasteiger partial charge in [0.15, 0.2) is 16.6 Å². The molecule has 0 fully saturated rings. The van der Waals surface area contributed by atoms with Gasteiger partial charge >= 0.3 is 0 Å². The number of nitrogens with one attached hydrogen (secondary N) is 1. The fourth-order valence-electron chi connectivity index (χ4n) is 3.26. The van der Waals surface area contributed by atoms with Crippen molar-refractivity contribution in [2.24, 2.45) is 7.05 Å². The number of fused-ring (bicyclic) bond motifs is 3. The van der Waals surface area contributed by atoms with Gasteiger partial charge in [-0.2, -0.15) is 0 Å². The molecule has 0 radical (unpaired) electrons. The second kappa shape index (κ2) is 5.83. The monoisotopic (exact) mass is 404 g/mol. The molecule has 0 saturated heterocycles. The van der Waals surface area contributed by atoms with Gasteiger partial charge in [-0.15, -0.1) is 11.3 Å². The molecule has 10 heteroatoms. The molecule has 0 saturated carbocycles. The van der Waals surface area contributed by atoms with E-state index >= 15 is 0 Å². The number of amides is 1. The summed E-state index contributed by atoms with van der Waals surface area (Å²) in [6.07, 6.45) is 1.51. The summed E-state index contributed by atoms with van der Waals surface area (Å²) >= 11 is 1.19. The Morgan fingerprint density at radius 1 is 1.30 bits per heavy atom. The maximum absolute atomic E-state index is 13.2. The standard InChI is InChI=1S/C17H16N4O4S2/c1-9-4-5-11-10(8-9)15-12(20(11)2)14(22)13(21(3)27(15,24)25)16(23)19-17-18-6-7-26-17/h4-8,22H,1-3H3,(H,18,19,23). The first-order valence-electron chi connectivity index (χ1n) is 7.96. The maximum atomic E-state index is 13.2. The van der Waals surface area contributed by atoms with Crippen molar-refractivity contribution in [3.8, 4) is 0 Å². The van der Waals surface area contributed by atoms with Gasteiger partial charge in [-0.05, 0) is 19.1 Å². The van der Waals surface area contributed by atoms with Crippen molar-refractivity contribution < 1.29 is 18.3 Å². The highest BCUT2D eigenvalue weighted by Crippen LogP contribution is 2.41. The quantitative estimate of drug-likeness (QED) is 0.683. The molecule has 2 N–H and O–H groups in total. The number of nitrogens with zero attached hydrogens (tertiary/aromatic N) is 3. The van der Waals surface area contributed by atoms with Crippen LogP contribution in [0.15, 0.2) is 40.4 Å². The largest absolute Gasteiger partial charge is 0.504 e. The number of benzene rings is 1. The number of carbonyl (C=O) groups excluding carboxylic acids is 1. The lowest BCUT2D eigenvalue weighted by atomic mass is 10.1. The lowest BCUT2D eigenvalue weighted by molar-refractivity contribution is -0.113. The minimum Gasteiger partial charge on any atom is -0.504 e. The van der Waals surface area contributed by atoms with Crippen LogP contribution in [-0.2, 0) is 21.9 Å². The average molecular weight is 404 g/mol. The zero-order valence-electron chi connectivity index (χ0n) is 14.7. The number of likely N-dealkylation sites (N-methyl/N-ethyl adjacent to an activating group) is 1. The third-order valence-electron chi connectivity index (χ3n) is 4.56. The van der Waals surface area contributed by atoms with Gasteiger partial charge in [0.2, 0.25) is 0 Å². The van der Waals surface area contributed by atoms with E-state index in [2.05, 4.69) is 10.3 Å². The Labute approximate surface area is 159 Å². The van der Waals surface area contributed by atoms with E-state index in [1.54, 1.807) is 29.1 Å². The summed E-state index contributed by atoms with van der Waals surface area (Å²) in [6, 6.07) is 5.41. The summed E-state index contributed by atoms with van der Waals surface area (Å²) in [6.45, 7) is 1.86. The third kappa shape index (κ3) is 2.44. The smallest absolute Gasteiger partial charge is 0.278 e. The van der Waals surface area contributed by atoms with Gasteiger partial charge in [0.25, 0.3) is 15.9 Å². The Hall–Kier alpha value is -2.85. The Morgan fingerprint density at radius 2 is 2.04 bits per heavy atom. The van der Waals surface area contributed by atoms with Crippen LogP contribution in [0.1, 0.15) is 11.3 Å². The summed E-state index contributed by atoms with van der Waals surface area (Å²) in [4.78, 5) is 16.6. The van der Waals surface area contributed by atoms with Gasteiger partial charge in [-0.3, -0.25) is 14.4 Å². The number of sulfonamides is 1. The van der Waals surface area contributed by atoms with Crippen molar-refractivity contribution in [2.45, 2.75) is 11.8 Å². The molecule has 3 aromatic rings. The second-order valence-electron chi connectivity index (χ2n) is 6.22. The van der Waals surface area contributed by atoms with E-state index in [4.69, 9.17) is 0 Å². The first-order chi connectivity index (χ1) is 12.7. The molecule has 0 atom stereocenters. The number of aliphatic hydroxyl groups excluding tert-OH is 1. The lowest BCUT2D eigenvalue weighted by Crippen LogP contribution is -2.37. The van der Waals surface area contributed by atoms with Gasteiger partial charge in [0.1, 0.15) is 10.6 Å². The van der Waals surface area contributed by atoms with Gasteiger partial charge in [0.05, 0.1) is 0 Å². The molecule has 3 heterocycles. The van der Waals surface area contributed by atoms with Crippen LogP contribution in [0.3, 0.4) is 0 Å². The number of anilines is 1. The average Bonchev–Trinajstić information content (AvgIpc) is 3.20. The number of carbonyl (C=O) groups is 1. The van der Waals surface area contributed by atoms with E-state index in [-0.39, 0.29) is 16.3 Å². The van der Waals surface area contributed by atoms with Crippen LogP contribution in [-0.4, -0.2) is 40.3 Å². The molecule has 1 aliphatic heterocycles. The summed E-state index contributed by atoms with van der Waals surface area (Å²) in [5.74, 6) is -1.15. The van der Waals surface area contributed by atoms with Crippen molar-refractivity contribution in [1.29, 1.82) is 0 Å². The Morgan fingerprint density at radius 3 is 2.70 bits per heavy atom. The Balaban J connectivity index is 1.99. The van der Waals surface area contributed by atoms with Crippen molar-refractivity contribution in [3.63, 3.8) is 0 Å². The molecule has 1 amide bonds. The second-order valence-corrected chi connectivity index (χ2v) is 9.02. The zero-order chi connectivity index (χ0) is 19.5. The molecule has 4 rings (SSSR count). The highest BCUT2D eigenvalue weighted by molar-refractivity contribution is 7.89. The lowest BCUT2D eigenvalue weighted by Gasteiger charge is -2.27. The summed E-state index contributed by atoms with van der Waals surface area (Å²) in [5, 5.41) is 15.9. The molecule has 1 aliphatic rings. The molecule has 0 bridgehead atoms. The molecule has 2 aromatic heterocycles. The molecule has 8 nitrogen and oxygen atoms in total. The van der Waals surface area contributed by atoms with E-state index < -0.39 is 21.7 Å². The van der Waals surface area contributed by atoms with Crippen LogP contribution in [0.25, 0.3) is 16.7 Å². The number of aliphatic hydroxyl groups is 1. The summed E-state index contributed by atoms with van der Waals surface area (Å²) < 4.78 is 28.8. The van der Waals surface area contributed by atoms with Gasteiger partial charge < -0.3 is 9.67 Å². The summed E-state index contributed by atoms with van der Waals surface area (Å²) in [5.41, 5.74) is 1.29. The van der Waals surface area contributed by atoms with Crippen LogP contribution < -0.4 is 5.32 Å². The molecule has 140 valence electrons. The Kier molecular flexibility index (Phi) is 3.79. The van der Waals surface area contributed by atoms with Crippen molar-refractivity contribution in [1.82, 2.24) is 13.9 Å². The normalized spacial score (nSPS) is 15.9. The van der Waals surface area contributed by atoms with Crippen LogP contribution >= 0.6 is 11.3 Å². The fourth-order valence-corrected chi connectivity index (χ4v) is 5.39. The predicted octanol–water partition coefficient (Wildman–Crippen LogP) is 2.44. The topological polar surface area (TPSA) is 105 Å². The predicted molar refractivity (Wildman–Crippen MR) is 103 cm³/mol. The van der Waals surface area contributed by atoms with Gasteiger partial charge in [0, 0.05) is 36.6 Å². The van der Waals surface area contributed by atoms with Crippen molar-refractivity contribution in [3.05, 3.63) is 46.7 Å². The molecule has 0 unspecified atom stereocenters.